The third-order valence-electron chi connectivity index (χ3n) is 3.12. The van der Waals surface area contributed by atoms with Crippen molar-refractivity contribution in [1.29, 1.82) is 0 Å². The van der Waals surface area contributed by atoms with Crippen LogP contribution in [0.5, 0.6) is 0 Å². The summed E-state index contributed by atoms with van der Waals surface area (Å²) in [6.07, 6.45) is 5.13. The number of carbonyl (C=O) groups is 2. The molecule has 0 saturated heterocycles. The predicted molar refractivity (Wildman–Crippen MR) is 76.1 cm³/mol. The monoisotopic (exact) mass is 281 g/mol. The van der Waals surface area contributed by atoms with E-state index in [2.05, 4.69) is 25.5 Å². The van der Waals surface area contributed by atoms with Crippen molar-refractivity contribution >= 4 is 11.8 Å². The maximum atomic E-state index is 11.3. The van der Waals surface area contributed by atoms with Crippen LogP contribution in [0.1, 0.15) is 18.5 Å². The van der Waals surface area contributed by atoms with E-state index >= 15 is 0 Å². The van der Waals surface area contributed by atoms with Gasteiger partial charge in [0.25, 0.3) is 0 Å². The van der Waals surface area contributed by atoms with Crippen molar-refractivity contribution in [3.05, 3.63) is 18.2 Å². The van der Waals surface area contributed by atoms with Crippen molar-refractivity contribution in [2.24, 2.45) is 0 Å². The van der Waals surface area contributed by atoms with Crippen molar-refractivity contribution in [1.82, 2.24) is 25.5 Å². The van der Waals surface area contributed by atoms with Crippen LogP contribution in [-0.4, -0.2) is 60.4 Å². The Labute approximate surface area is 119 Å². The van der Waals surface area contributed by atoms with E-state index in [1.54, 1.807) is 26.6 Å². The summed E-state index contributed by atoms with van der Waals surface area (Å²) in [6.45, 7) is 2.08. The first-order valence-corrected chi connectivity index (χ1v) is 6.76. The summed E-state index contributed by atoms with van der Waals surface area (Å²) in [5, 5.41) is 5.21. The third-order valence-corrected chi connectivity index (χ3v) is 3.12. The number of hydrogen-bond acceptors (Lipinski definition) is 4. The molecule has 112 valence electrons. The number of rotatable bonds is 9. The molecule has 0 radical (unpaired) electrons. The molecule has 1 heterocycles. The number of amides is 2. The fourth-order valence-electron chi connectivity index (χ4n) is 1.80. The largest absolute Gasteiger partial charge is 0.359 e. The summed E-state index contributed by atoms with van der Waals surface area (Å²) in [4.78, 5) is 31.8. The molecule has 0 unspecified atom stereocenters. The molecule has 0 saturated carbocycles. The summed E-state index contributed by atoms with van der Waals surface area (Å²) >= 11 is 0. The highest BCUT2D eigenvalue weighted by Gasteiger charge is 2.10. The maximum absolute atomic E-state index is 11.3. The Morgan fingerprint density at radius 3 is 2.20 bits per heavy atom. The second kappa shape index (κ2) is 9.08. The summed E-state index contributed by atoms with van der Waals surface area (Å²) in [7, 11) is 3.25. The maximum Gasteiger partial charge on any atom is 0.221 e. The quantitative estimate of drug-likeness (QED) is 0.570. The molecule has 1 rings (SSSR count). The molecule has 20 heavy (non-hydrogen) atoms. The summed E-state index contributed by atoms with van der Waals surface area (Å²) in [5.74, 6) is 0.0213. The molecule has 2 amide bonds. The van der Waals surface area contributed by atoms with Gasteiger partial charge >= 0.3 is 0 Å². The lowest BCUT2D eigenvalue weighted by atomic mass is 10.2. The Hall–Kier alpha value is -1.89. The lowest BCUT2D eigenvalue weighted by Gasteiger charge is -2.21. The van der Waals surface area contributed by atoms with E-state index in [-0.39, 0.29) is 11.8 Å². The average Bonchev–Trinajstić information content (AvgIpc) is 2.98. The van der Waals surface area contributed by atoms with E-state index in [4.69, 9.17) is 0 Å². The Balaban J connectivity index is 2.40. The molecule has 3 N–H and O–H groups in total. The van der Waals surface area contributed by atoms with Crippen molar-refractivity contribution < 1.29 is 9.59 Å². The standard InChI is InChI=1S/C13H23N5O2/c1-14-12(19)4-7-18(8-5-13(20)15-2)6-3-11-9-16-10-17-11/h9-10H,3-8H2,1-2H3,(H,14,19)(H,15,20)(H,16,17). The van der Waals surface area contributed by atoms with Crippen LogP contribution in [-0.2, 0) is 16.0 Å². The first-order valence-electron chi connectivity index (χ1n) is 6.76. The zero-order valence-electron chi connectivity index (χ0n) is 12.1. The molecule has 0 atom stereocenters. The molecule has 0 aliphatic heterocycles. The number of H-pyrrole nitrogens is 1. The van der Waals surface area contributed by atoms with Crippen LogP contribution in [0.4, 0.5) is 0 Å². The average molecular weight is 281 g/mol. The smallest absolute Gasteiger partial charge is 0.221 e. The summed E-state index contributed by atoms with van der Waals surface area (Å²) < 4.78 is 0. The van der Waals surface area contributed by atoms with E-state index in [9.17, 15) is 9.59 Å². The Morgan fingerprint density at radius 2 is 1.75 bits per heavy atom. The molecule has 7 nitrogen and oxygen atoms in total. The van der Waals surface area contributed by atoms with E-state index in [0.29, 0.717) is 25.9 Å². The van der Waals surface area contributed by atoms with Crippen molar-refractivity contribution in [3.8, 4) is 0 Å². The van der Waals surface area contributed by atoms with Crippen LogP contribution in [0.2, 0.25) is 0 Å². The minimum atomic E-state index is 0.0106. The van der Waals surface area contributed by atoms with Crippen LogP contribution in [0.25, 0.3) is 0 Å². The number of aromatic nitrogens is 2. The van der Waals surface area contributed by atoms with Gasteiger partial charge in [-0.3, -0.25) is 9.59 Å². The van der Waals surface area contributed by atoms with Gasteiger partial charge in [0.2, 0.25) is 11.8 Å². The fraction of sp³-hybridized carbons (Fsp3) is 0.615. The van der Waals surface area contributed by atoms with E-state index in [1.807, 2.05) is 0 Å². The van der Waals surface area contributed by atoms with Gasteiger partial charge in [0, 0.05) is 64.9 Å². The van der Waals surface area contributed by atoms with Crippen molar-refractivity contribution in [2.45, 2.75) is 19.3 Å². The molecule has 7 heteroatoms. The molecule has 0 aliphatic carbocycles. The number of aromatic amines is 1. The highest BCUT2D eigenvalue weighted by Crippen LogP contribution is 2.00. The zero-order chi connectivity index (χ0) is 14.8. The first-order chi connectivity index (χ1) is 9.65. The number of carbonyl (C=O) groups excluding carboxylic acids is 2. The first kappa shape index (κ1) is 16.2. The van der Waals surface area contributed by atoms with Crippen LogP contribution in [0, 0.1) is 0 Å². The molecule has 0 spiro atoms. The second-order valence-electron chi connectivity index (χ2n) is 4.51. The summed E-state index contributed by atoms with van der Waals surface area (Å²) in [5.41, 5.74) is 1.05. The Bertz CT molecular complexity index is 385. The summed E-state index contributed by atoms with van der Waals surface area (Å²) in [6, 6.07) is 0. The SMILES string of the molecule is CNC(=O)CCN(CCC(=O)NC)CCc1cnc[nH]1. The van der Waals surface area contributed by atoms with Gasteiger partial charge < -0.3 is 20.5 Å². The van der Waals surface area contributed by atoms with Crippen LogP contribution >= 0.6 is 0 Å². The van der Waals surface area contributed by atoms with Crippen molar-refractivity contribution in [2.75, 3.05) is 33.7 Å². The lowest BCUT2D eigenvalue weighted by molar-refractivity contribution is -0.120. The highest BCUT2D eigenvalue weighted by molar-refractivity contribution is 5.76. The molecule has 1 aromatic rings. The van der Waals surface area contributed by atoms with E-state index < -0.39 is 0 Å². The van der Waals surface area contributed by atoms with Gasteiger partial charge in [0.1, 0.15) is 0 Å². The Kier molecular flexibility index (Phi) is 7.34. The van der Waals surface area contributed by atoms with Crippen LogP contribution < -0.4 is 10.6 Å². The predicted octanol–water partition coefficient (Wildman–Crippen LogP) is -0.474. The van der Waals surface area contributed by atoms with Gasteiger partial charge in [-0.25, -0.2) is 4.98 Å². The van der Waals surface area contributed by atoms with E-state index in [0.717, 1.165) is 18.7 Å². The van der Waals surface area contributed by atoms with Crippen molar-refractivity contribution in [3.63, 3.8) is 0 Å². The number of nitrogens with zero attached hydrogens (tertiary/aromatic N) is 2. The van der Waals surface area contributed by atoms with Gasteiger partial charge in [-0.2, -0.15) is 0 Å². The Morgan fingerprint density at radius 1 is 1.15 bits per heavy atom. The molecule has 0 bridgehead atoms. The van der Waals surface area contributed by atoms with E-state index in [1.165, 1.54) is 0 Å². The number of nitrogens with one attached hydrogen (secondary N) is 3. The third kappa shape index (κ3) is 6.33. The second-order valence-corrected chi connectivity index (χ2v) is 4.51. The van der Waals surface area contributed by atoms with Gasteiger partial charge in [-0.1, -0.05) is 0 Å². The molecule has 1 aromatic heterocycles. The normalized spacial score (nSPS) is 10.6. The van der Waals surface area contributed by atoms with Crippen LogP contribution in [0.3, 0.4) is 0 Å². The number of imidazole rings is 1. The van der Waals surface area contributed by atoms with Crippen LogP contribution in [0.15, 0.2) is 12.5 Å². The molecular weight excluding hydrogens is 258 g/mol. The van der Waals surface area contributed by atoms with Gasteiger partial charge in [0.15, 0.2) is 0 Å². The minimum Gasteiger partial charge on any atom is -0.359 e. The molecular formula is C13H23N5O2. The topological polar surface area (TPSA) is 90.1 Å². The zero-order valence-corrected chi connectivity index (χ0v) is 12.1. The van der Waals surface area contributed by atoms with Gasteiger partial charge in [-0.05, 0) is 0 Å². The lowest BCUT2D eigenvalue weighted by Crippen LogP contribution is -2.34. The molecule has 0 aromatic carbocycles. The molecule has 0 aliphatic rings. The highest BCUT2D eigenvalue weighted by atomic mass is 16.2. The van der Waals surface area contributed by atoms with Gasteiger partial charge in [0.05, 0.1) is 6.33 Å². The fourth-order valence-corrected chi connectivity index (χ4v) is 1.80. The minimum absolute atomic E-state index is 0.0106. The van der Waals surface area contributed by atoms with Gasteiger partial charge in [-0.15, -0.1) is 0 Å². The number of hydrogen-bond donors (Lipinski definition) is 3. The molecule has 0 fully saturated rings.